The average molecular weight is 237 g/mol. The van der Waals surface area contributed by atoms with Crippen LogP contribution in [-0.4, -0.2) is 30.6 Å². The summed E-state index contributed by atoms with van der Waals surface area (Å²) in [5, 5.41) is 5.87. The summed E-state index contributed by atoms with van der Waals surface area (Å²) in [6, 6.07) is 3.81. The number of rotatable bonds is 6. The Balaban J connectivity index is 2.39. The van der Waals surface area contributed by atoms with Crippen molar-refractivity contribution in [3.05, 3.63) is 18.3 Å². The van der Waals surface area contributed by atoms with E-state index in [4.69, 9.17) is 4.74 Å². The molecule has 0 fully saturated rings. The molecule has 5 nitrogen and oxygen atoms in total. The fourth-order valence-electron chi connectivity index (χ4n) is 1.19. The summed E-state index contributed by atoms with van der Waals surface area (Å²) in [4.78, 5) is 15.6. The van der Waals surface area contributed by atoms with Crippen molar-refractivity contribution in [2.45, 2.75) is 26.3 Å². The predicted molar refractivity (Wildman–Crippen MR) is 67.2 cm³/mol. The number of carbonyl (C=O) groups excluding carboxylic acids is 1. The molecule has 0 aliphatic rings. The molecule has 0 spiro atoms. The van der Waals surface area contributed by atoms with E-state index in [-0.39, 0.29) is 5.91 Å². The highest BCUT2D eigenvalue weighted by Gasteiger charge is 2.04. The third-order valence-electron chi connectivity index (χ3n) is 2.45. The molecule has 1 amide bonds. The number of hydrogen-bond donors (Lipinski definition) is 2. The summed E-state index contributed by atoms with van der Waals surface area (Å²) in [6.07, 6.45) is 2.57. The van der Waals surface area contributed by atoms with Crippen molar-refractivity contribution in [2.75, 3.05) is 19.0 Å². The summed E-state index contributed by atoms with van der Waals surface area (Å²) in [5.74, 6) is 0.456. The molecule has 1 heterocycles. The minimum Gasteiger partial charge on any atom is -0.481 e. The minimum absolute atomic E-state index is 0.0720. The first-order chi connectivity index (χ1) is 8.15. The fourth-order valence-corrected chi connectivity index (χ4v) is 1.19. The van der Waals surface area contributed by atoms with Crippen LogP contribution in [-0.2, 0) is 4.79 Å². The molecule has 1 aromatic heterocycles. The maximum Gasteiger partial charge on any atom is 0.238 e. The Labute approximate surface area is 102 Å². The van der Waals surface area contributed by atoms with Crippen LogP contribution in [0.5, 0.6) is 5.88 Å². The standard InChI is InChI=1S/C12H19N3O2/c1-4-9(2)13-8-11(16)15-10-5-6-12(17-3)14-7-10/h5-7,9,13H,4,8H2,1-3H3,(H,15,16). The maximum absolute atomic E-state index is 11.6. The van der Waals surface area contributed by atoms with E-state index in [0.29, 0.717) is 24.2 Å². The summed E-state index contributed by atoms with van der Waals surface area (Å²) in [5.41, 5.74) is 0.668. The fraction of sp³-hybridized carbons (Fsp3) is 0.500. The van der Waals surface area contributed by atoms with Gasteiger partial charge in [-0.3, -0.25) is 4.79 Å². The number of hydrogen-bond acceptors (Lipinski definition) is 4. The number of aromatic nitrogens is 1. The molecular formula is C12H19N3O2. The molecule has 17 heavy (non-hydrogen) atoms. The van der Waals surface area contributed by atoms with Crippen LogP contribution in [0.2, 0.25) is 0 Å². The third kappa shape index (κ3) is 4.82. The van der Waals surface area contributed by atoms with Gasteiger partial charge in [0.15, 0.2) is 0 Å². The monoisotopic (exact) mass is 237 g/mol. The number of amides is 1. The van der Waals surface area contributed by atoms with Crippen LogP contribution in [0.15, 0.2) is 18.3 Å². The van der Waals surface area contributed by atoms with Crippen molar-refractivity contribution >= 4 is 11.6 Å². The SMILES string of the molecule is CCC(C)NCC(=O)Nc1ccc(OC)nc1. The first-order valence-electron chi connectivity index (χ1n) is 5.69. The van der Waals surface area contributed by atoms with E-state index in [2.05, 4.69) is 22.5 Å². The summed E-state index contributed by atoms with van der Waals surface area (Å²) < 4.78 is 4.93. The van der Waals surface area contributed by atoms with Crippen molar-refractivity contribution in [3.63, 3.8) is 0 Å². The lowest BCUT2D eigenvalue weighted by Gasteiger charge is -2.11. The second kappa shape index (κ2) is 6.85. The van der Waals surface area contributed by atoms with E-state index < -0.39 is 0 Å². The first kappa shape index (κ1) is 13.4. The van der Waals surface area contributed by atoms with E-state index >= 15 is 0 Å². The Kier molecular flexibility index (Phi) is 5.42. The van der Waals surface area contributed by atoms with Crippen LogP contribution in [0, 0.1) is 0 Å². The van der Waals surface area contributed by atoms with Gasteiger partial charge >= 0.3 is 0 Å². The van der Waals surface area contributed by atoms with E-state index in [1.54, 1.807) is 25.4 Å². The van der Waals surface area contributed by atoms with Gasteiger partial charge < -0.3 is 15.4 Å². The average Bonchev–Trinajstić information content (AvgIpc) is 2.36. The number of carbonyl (C=O) groups is 1. The van der Waals surface area contributed by atoms with Gasteiger partial charge in [0.1, 0.15) is 0 Å². The van der Waals surface area contributed by atoms with Gasteiger partial charge in [-0.15, -0.1) is 0 Å². The molecule has 2 N–H and O–H groups in total. The van der Waals surface area contributed by atoms with Crippen LogP contribution in [0.1, 0.15) is 20.3 Å². The van der Waals surface area contributed by atoms with Crippen molar-refractivity contribution < 1.29 is 9.53 Å². The van der Waals surface area contributed by atoms with Crippen molar-refractivity contribution in [1.29, 1.82) is 0 Å². The Hall–Kier alpha value is -1.62. The summed E-state index contributed by atoms with van der Waals surface area (Å²) in [6.45, 7) is 4.42. The van der Waals surface area contributed by atoms with Crippen LogP contribution in [0.4, 0.5) is 5.69 Å². The molecule has 0 aliphatic heterocycles. The van der Waals surface area contributed by atoms with Crippen LogP contribution < -0.4 is 15.4 Å². The quantitative estimate of drug-likeness (QED) is 0.785. The zero-order chi connectivity index (χ0) is 12.7. The highest BCUT2D eigenvalue weighted by Crippen LogP contribution is 2.10. The first-order valence-corrected chi connectivity index (χ1v) is 5.69. The molecule has 1 unspecified atom stereocenters. The Morgan fingerprint density at radius 3 is 2.82 bits per heavy atom. The summed E-state index contributed by atoms with van der Waals surface area (Å²) in [7, 11) is 1.55. The second-order valence-electron chi connectivity index (χ2n) is 3.83. The molecule has 0 aliphatic carbocycles. The molecule has 0 saturated heterocycles. The molecule has 1 rings (SSSR count). The number of pyridine rings is 1. The highest BCUT2D eigenvalue weighted by molar-refractivity contribution is 5.92. The normalized spacial score (nSPS) is 11.9. The van der Waals surface area contributed by atoms with E-state index in [1.165, 1.54) is 0 Å². The van der Waals surface area contributed by atoms with Crippen molar-refractivity contribution in [3.8, 4) is 5.88 Å². The number of nitrogens with zero attached hydrogens (tertiary/aromatic N) is 1. The van der Waals surface area contributed by atoms with Gasteiger partial charge in [0.2, 0.25) is 11.8 Å². The van der Waals surface area contributed by atoms with E-state index in [1.807, 2.05) is 6.92 Å². The number of methoxy groups -OCH3 is 1. The van der Waals surface area contributed by atoms with Gasteiger partial charge in [-0.1, -0.05) is 6.92 Å². The molecular weight excluding hydrogens is 218 g/mol. The number of anilines is 1. The largest absolute Gasteiger partial charge is 0.481 e. The molecule has 5 heteroatoms. The zero-order valence-electron chi connectivity index (χ0n) is 10.5. The smallest absolute Gasteiger partial charge is 0.238 e. The Morgan fingerprint density at radius 1 is 1.53 bits per heavy atom. The molecule has 94 valence electrons. The van der Waals surface area contributed by atoms with Crippen LogP contribution in [0.25, 0.3) is 0 Å². The van der Waals surface area contributed by atoms with Crippen molar-refractivity contribution in [2.24, 2.45) is 0 Å². The molecule has 0 bridgehead atoms. The molecule has 1 aromatic rings. The lowest BCUT2D eigenvalue weighted by atomic mass is 10.2. The molecule has 0 saturated carbocycles. The zero-order valence-corrected chi connectivity index (χ0v) is 10.5. The molecule has 0 radical (unpaired) electrons. The van der Waals surface area contributed by atoms with Crippen molar-refractivity contribution in [1.82, 2.24) is 10.3 Å². The van der Waals surface area contributed by atoms with Gasteiger partial charge in [0, 0.05) is 12.1 Å². The van der Waals surface area contributed by atoms with Gasteiger partial charge in [0.25, 0.3) is 0 Å². The van der Waals surface area contributed by atoms with Gasteiger partial charge in [-0.05, 0) is 19.4 Å². The minimum atomic E-state index is -0.0720. The predicted octanol–water partition coefficient (Wildman–Crippen LogP) is 1.42. The van der Waals surface area contributed by atoms with Gasteiger partial charge in [-0.2, -0.15) is 0 Å². The number of ether oxygens (including phenoxy) is 1. The van der Waals surface area contributed by atoms with Crippen LogP contribution >= 0.6 is 0 Å². The van der Waals surface area contributed by atoms with E-state index in [0.717, 1.165) is 6.42 Å². The Morgan fingerprint density at radius 2 is 2.29 bits per heavy atom. The topological polar surface area (TPSA) is 63.2 Å². The highest BCUT2D eigenvalue weighted by atomic mass is 16.5. The maximum atomic E-state index is 11.6. The third-order valence-corrected chi connectivity index (χ3v) is 2.45. The summed E-state index contributed by atoms with van der Waals surface area (Å²) >= 11 is 0. The van der Waals surface area contributed by atoms with Crippen LogP contribution in [0.3, 0.4) is 0 Å². The lowest BCUT2D eigenvalue weighted by molar-refractivity contribution is -0.115. The second-order valence-corrected chi connectivity index (χ2v) is 3.83. The van der Waals surface area contributed by atoms with Gasteiger partial charge in [0.05, 0.1) is 25.5 Å². The van der Waals surface area contributed by atoms with Gasteiger partial charge in [-0.25, -0.2) is 4.98 Å². The lowest BCUT2D eigenvalue weighted by Crippen LogP contribution is -2.33. The molecule has 1 atom stereocenters. The Bertz CT molecular complexity index is 351. The number of nitrogens with one attached hydrogen (secondary N) is 2. The van der Waals surface area contributed by atoms with E-state index in [9.17, 15) is 4.79 Å². The molecule has 0 aromatic carbocycles.